The molecule has 0 spiro atoms. The molecule has 0 aliphatic carbocycles. The highest BCUT2D eigenvalue weighted by molar-refractivity contribution is 14.1. The first kappa shape index (κ1) is 11.1. The average Bonchev–Trinajstić information content (AvgIpc) is 2.20. The Balaban J connectivity index is 2.13. The first-order valence-corrected chi connectivity index (χ1v) is 5.99. The minimum absolute atomic E-state index is 0.425. The maximum absolute atomic E-state index is 9.92. The second-order valence-electron chi connectivity index (χ2n) is 3.78. The number of aromatic nitrogens is 1. The number of piperazine rings is 1. The van der Waals surface area contributed by atoms with E-state index in [1.165, 1.54) is 0 Å². The molecule has 1 N–H and O–H groups in total. The summed E-state index contributed by atoms with van der Waals surface area (Å²) in [5.41, 5.74) is 0.996. The molecule has 1 aromatic rings. The average molecular weight is 319 g/mol. The van der Waals surface area contributed by atoms with Gasteiger partial charge < -0.3 is 14.9 Å². The van der Waals surface area contributed by atoms with Crippen molar-refractivity contribution in [2.75, 3.05) is 31.6 Å². The van der Waals surface area contributed by atoms with Crippen LogP contribution in [0.1, 0.15) is 0 Å². The van der Waals surface area contributed by atoms with Crippen LogP contribution in [0.2, 0.25) is 0 Å². The van der Waals surface area contributed by atoms with Gasteiger partial charge in [-0.25, -0.2) is 4.98 Å². The van der Waals surface area contributed by atoms with Crippen LogP contribution in [0.25, 0.3) is 0 Å². The predicted molar refractivity (Wildman–Crippen MR) is 67.8 cm³/mol. The molecule has 4 nitrogen and oxygen atoms in total. The Morgan fingerprint density at radius 2 is 2.27 bits per heavy atom. The van der Waals surface area contributed by atoms with E-state index >= 15 is 0 Å². The summed E-state index contributed by atoms with van der Waals surface area (Å²) in [6.45, 7) is 2.51. The molecule has 0 amide bonds. The first-order chi connectivity index (χ1) is 7.16. The number of β-amino-alcohol motifs (C(OH)–C–C–N with tert-alkyl or cyclic N) is 1. The lowest BCUT2D eigenvalue weighted by Crippen LogP contribution is -2.52. The van der Waals surface area contributed by atoms with Gasteiger partial charge in [-0.05, 0) is 41.8 Å². The molecule has 1 unspecified atom stereocenters. The fourth-order valence-electron chi connectivity index (χ4n) is 1.74. The maximum Gasteiger partial charge on any atom is 0.139 e. The monoisotopic (exact) mass is 319 g/mol. The Morgan fingerprint density at radius 3 is 2.87 bits per heavy atom. The molecule has 82 valence electrons. The number of aliphatic hydroxyl groups excluding tert-OH is 1. The Kier molecular flexibility index (Phi) is 3.42. The highest BCUT2D eigenvalue weighted by Crippen LogP contribution is 2.18. The number of hydrogen-bond donors (Lipinski definition) is 1. The van der Waals surface area contributed by atoms with E-state index < -0.39 is 6.23 Å². The van der Waals surface area contributed by atoms with Crippen molar-refractivity contribution in [1.82, 2.24) is 9.88 Å². The van der Waals surface area contributed by atoms with Crippen molar-refractivity contribution in [2.45, 2.75) is 6.23 Å². The second-order valence-corrected chi connectivity index (χ2v) is 4.88. The lowest BCUT2D eigenvalue weighted by atomic mass is 10.2. The number of aliphatic hydroxyl groups is 1. The molecule has 1 atom stereocenters. The van der Waals surface area contributed by atoms with E-state index in [1.807, 2.05) is 30.3 Å². The number of likely N-dealkylation sites (N-methyl/N-ethyl adjacent to an activating group) is 1. The van der Waals surface area contributed by atoms with Gasteiger partial charge in [0.1, 0.15) is 9.93 Å². The summed E-state index contributed by atoms with van der Waals surface area (Å²) in [5, 5.41) is 9.92. The molecule has 0 radical (unpaired) electrons. The van der Waals surface area contributed by atoms with Gasteiger partial charge in [0.15, 0.2) is 0 Å². The van der Waals surface area contributed by atoms with Gasteiger partial charge in [0.25, 0.3) is 0 Å². The predicted octanol–water partition coefficient (Wildman–Crippen LogP) is 0.756. The van der Waals surface area contributed by atoms with Crippen LogP contribution in [-0.4, -0.2) is 47.9 Å². The number of rotatable bonds is 1. The Bertz CT molecular complexity index is 330. The van der Waals surface area contributed by atoms with Gasteiger partial charge in [-0.2, -0.15) is 0 Å². The molecule has 2 rings (SSSR count). The van der Waals surface area contributed by atoms with Gasteiger partial charge in [-0.15, -0.1) is 0 Å². The number of halogens is 1. The Morgan fingerprint density at radius 1 is 1.47 bits per heavy atom. The van der Waals surface area contributed by atoms with E-state index in [0.717, 1.165) is 22.5 Å². The zero-order valence-electron chi connectivity index (χ0n) is 8.60. The van der Waals surface area contributed by atoms with E-state index in [1.54, 1.807) is 0 Å². The largest absolute Gasteiger partial charge is 0.372 e. The second kappa shape index (κ2) is 4.63. The topological polar surface area (TPSA) is 39.6 Å². The normalized spacial score (nSPS) is 23.1. The fraction of sp³-hybridized carbons (Fsp3) is 0.500. The zero-order valence-corrected chi connectivity index (χ0v) is 10.8. The van der Waals surface area contributed by atoms with Crippen LogP contribution in [0.5, 0.6) is 0 Å². The number of pyridine rings is 1. The quantitative estimate of drug-likeness (QED) is 0.613. The molecule has 1 aliphatic rings. The van der Waals surface area contributed by atoms with E-state index in [9.17, 15) is 5.11 Å². The van der Waals surface area contributed by atoms with Crippen LogP contribution < -0.4 is 4.90 Å². The molecule has 5 heteroatoms. The highest BCUT2D eigenvalue weighted by Gasteiger charge is 2.23. The van der Waals surface area contributed by atoms with Crippen LogP contribution in [0.15, 0.2) is 18.3 Å². The maximum atomic E-state index is 9.92. The first-order valence-electron chi connectivity index (χ1n) is 4.91. The summed E-state index contributed by atoms with van der Waals surface area (Å²) >= 11 is 2.18. The van der Waals surface area contributed by atoms with E-state index in [2.05, 4.69) is 32.5 Å². The number of anilines is 1. The van der Waals surface area contributed by atoms with Gasteiger partial charge in [0, 0.05) is 19.6 Å². The molecule has 0 aromatic carbocycles. The molecular formula is C10H14IN3O. The van der Waals surface area contributed by atoms with Crippen LogP contribution in [-0.2, 0) is 0 Å². The van der Waals surface area contributed by atoms with Crippen molar-refractivity contribution in [1.29, 1.82) is 0 Å². The van der Waals surface area contributed by atoms with Crippen LogP contribution in [0, 0.1) is 3.70 Å². The van der Waals surface area contributed by atoms with Crippen molar-refractivity contribution >= 4 is 28.3 Å². The molecule has 1 aliphatic heterocycles. The van der Waals surface area contributed by atoms with Crippen molar-refractivity contribution < 1.29 is 5.11 Å². The SMILES string of the molecule is CN1CCN(c2ccc(I)nc2)C(O)C1. The third kappa shape index (κ3) is 2.59. The summed E-state index contributed by atoms with van der Waals surface area (Å²) in [7, 11) is 2.02. The fourth-order valence-corrected chi connectivity index (χ4v) is 2.05. The molecule has 15 heavy (non-hydrogen) atoms. The molecule has 1 saturated heterocycles. The van der Waals surface area contributed by atoms with E-state index in [0.29, 0.717) is 6.54 Å². The Labute approximate surface area is 103 Å². The lowest BCUT2D eigenvalue weighted by Gasteiger charge is -2.38. The van der Waals surface area contributed by atoms with Crippen molar-refractivity contribution in [3.63, 3.8) is 0 Å². The van der Waals surface area contributed by atoms with Crippen molar-refractivity contribution in [3.05, 3.63) is 22.0 Å². The van der Waals surface area contributed by atoms with Crippen LogP contribution >= 0.6 is 22.6 Å². The van der Waals surface area contributed by atoms with E-state index in [-0.39, 0.29) is 0 Å². The van der Waals surface area contributed by atoms with Crippen LogP contribution in [0.4, 0.5) is 5.69 Å². The third-order valence-electron chi connectivity index (χ3n) is 2.60. The van der Waals surface area contributed by atoms with Gasteiger partial charge in [-0.3, -0.25) is 0 Å². The minimum Gasteiger partial charge on any atom is -0.372 e. The van der Waals surface area contributed by atoms with Crippen molar-refractivity contribution in [3.8, 4) is 0 Å². The molecule has 2 heterocycles. The summed E-state index contributed by atoms with van der Waals surface area (Å²) in [4.78, 5) is 8.34. The summed E-state index contributed by atoms with van der Waals surface area (Å²) in [5.74, 6) is 0. The van der Waals surface area contributed by atoms with Gasteiger partial charge in [0.05, 0.1) is 11.9 Å². The molecule has 0 bridgehead atoms. The molecule has 0 saturated carbocycles. The molecule has 1 fully saturated rings. The summed E-state index contributed by atoms with van der Waals surface area (Å²) in [6.07, 6.45) is 1.39. The van der Waals surface area contributed by atoms with Gasteiger partial charge in [0.2, 0.25) is 0 Å². The Hall–Kier alpha value is -0.400. The standard InChI is InChI=1S/C10H14IN3O/c1-13-4-5-14(10(15)7-13)8-2-3-9(11)12-6-8/h2-3,6,10,15H,4-5,7H2,1H3. The highest BCUT2D eigenvalue weighted by atomic mass is 127. The minimum atomic E-state index is -0.425. The summed E-state index contributed by atoms with van der Waals surface area (Å²) < 4.78 is 0.972. The van der Waals surface area contributed by atoms with Gasteiger partial charge in [-0.1, -0.05) is 0 Å². The third-order valence-corrected chi connectivity index (χ3v) is 3.24. The molecule has 1 aromatic heterocycles. The number of hydrogen-bond acceptors (Lipinski definition) is 4. The molecular weight excluding hydrogens is 305 g/mol. The van der Waals surface area contributed by atoms with Gasteiger partial charge >= 0.3 is 0 Å². The smallest absolute Gasteiger partial charge is 0.139 e. The summed E-state index contributed by atoms with van der Waals surface area (Å²) in [6, 6.07) is 3.96. The van der Waals surface area contributed by atoms with Crippen molar-refractivity contribution in [2.24, 2.45) is 0 Å². The van der Waals surface area contributed by atoms with E-state index in [4.69, 9.17) is 0 Å². The lowest BCUT2D eigenvalue weighted by molar-refractivity contribution is 0.0957. The zero-order chi connectivity index (χ0) is 10.8. The van der Waals surface area contributed by atoms with Crippen LogP contribution in [0.3, 0.4) is 0 Å². The number of nitrogens with zero attached hydrogens (tertiary/aromatic N) is 3.